The van der Waals surface area contributed by atoms with Gasteiger partial charge in [-0.05, 0) is 25.2 Å². The second-order valence-corrected chi connectivity index (χ2v) is 6.02. The smallest absolute Gasteiger partial charge is 0.252 e. The van der Waals surface area contributed by atoms with Gasteiger partial charge in [0.05, 0.1) is 17.9 Å². The molecule has 0 aliphatic carbocycles. The van der Waals surface area contributed by atoms with Crippen LogP contribution in [-0.2, 0) is 10.0 Å². The van der Waals surface area contributed by atoms with Crippen molar-refractivity contribution >= 4 is 15.9 Å². The van der Waals surface area contributed by atoms with Gasteiger partial charge in [-0.15, -0.1) is 0 Å². The van der Waals surface area contributed by atoms with Crippen LogP contribution in [0, 0.1) is 17.7 Å². The second-order valence-electron chi connectivity index (χ2n) is 3.97. The van der Waals surface area contributed by atoms with E-state index in [1.54, 1.807) is 0 Å². The van der Waals surface area contributed by atoms with Gasteiger partial charge >= 0.3 is 0 Å². The number of carbonyl (C=O) groups excluding carboxylic acids is 1. The topological polar surface area (TPSA) is 101 Å². The summed E-state index contributed by atoms with van der Waals surface area (Å²) in [6.45, 7) is 0.0150. The SMILES string of the molecule is CNS(=O)(=O)CCNC(=O)c1ccc(F)cc1C#CCN. The molecule has 1 aromatic carbocycles. The van der Waals surface area contributed by atoms with E-state index in [0.29, 0.717) is 0 Å². The molecule has 0 radical (unpaired) electrons. The summed E-state index contributed by atoms with van der Waals surface area (Å²) in [5.74, 6) is 3.85. The molecule has 0 unspecified atom stereocenters. The number of hydrogen-bond donors (Lipinski definition) is 3. The molecule has 6 nitrogen and oxygen atoms in total. The molecule has 1 aromatic rings. The maximum atomic E-state index is 13.2. The van der Waals surface area contributed by atoms with Crippen LogP contribution in [0.1, 0.15) is 15.9 Å². The summed E-state index contributed by atoms with van der Waals surface area (Å²) in [6.07, 6.45) is 0. The molecule has 1 amide bonds. The molecule has 0 heterocycles. The van der Waals surface area contributed by atoms with Gasteiger partial charge in [-0.2, -0.15) is 0 Å². The zero-order valence-corrected chi connectivity index (χ0v) is 12.3. The van der Waals surface area contributed by atoms with Crippen molar-refractivity contribution in [3.05, 3.63) is 35.1 Å². The average molecular weight is 313 g/mol. The molecular weight excluding hydrogens is 297 g/mol. The second kappa shape index (κ2) is 7.73. The first-order valence-corrected chi connectivity index (χ1v) is 7.72. The molecule has 0 aliphatic rings. The molecule has 114 valence electrons. The van der Waals surface area contributed by atoms with Gasteiger partial charge in [0.1, 0.15) is 5.82 Å². The number of sulfonamides is 1. The summed E-state index contributed by atoms with van der Waals surface area (Å²) in [6, 6.07) is 3.55. The van der Waals surface area contributed by atoms with Crippen molar-refractivity contribution in [3.63, 3.8) is 0 Å². The fraction of sp³-hybridized carbons (Fsp3) is 0.308. The quantitative estimate of drug-likeness (QED) is 0.633. The number of halogens is 1. The molecule has 21 heavy (non-hydrogen) atoms. The van der Waals surface area contributed by atoms with Gasteiger partial charge in [-0.3, -0.25) is 4.79 Å². The van der Waals surface area contributed by atoms with Crippen LogP contribution in [0.25, 0.3) is 0 Å². The van der Waals surface area contributed by atoms with Gasteiger partial charge in [-0.1, -0.05) is 11.8 Å². The maximum absolute atomic E-state index is 13.2. The Labute approximate surface area is 123 Å². The number of carbonyl (C=O) groups is 1. The Morgan fingerprint density at radius 2 is 2.14 bits per heavy atom. The Morgan fingerprint density at radius 1 is 1.43 bits per heavy atom. The lowest BCUT2D eigenvalue weighted by atomic mass is 10.1. The lowest BCUT2D eigenvalue weighted by Gasteiger charge is -2.07. The molecule has 0 bridgehead atoms. The molecule has 0 atom stereocenters. The molecule has 0 saturated heterocycles. The largest absolute Gasteiger partial charge is 0.351 e. The first kappa shape index (κ1) is 17.1. The van der Waals surface area contributed by atoms with Crippen molar-refractivity contribution < 1.29 is 17.6 Å². The van der Waals surface area contributed by atoms with Gasteiger partial charge in [0.2, 0.25) is 10.0 Å². The van der Waals surface area contributed by atoms with E-state index in [0.717, 1.165) is 12.1 Å². The Balaban J connectivity index is 2.83. The zero-order chi connectivity index (χ0) is 15.9. The van der Waals surface area contributed by atoms with Crippen LogP contribution < -0.4 is 15.8 Å². The van der Waals surface area contributed by atoms with Crippen molar-refractivity contribution in [2.75, 3.05) is 25.9 Å². The summed E-state index contributed by atoms with van der Waals surface area (Å²) in [5, 5.41) is 2.45. The van der Waals surface area contributed by atoms with Crippen LogP contribution >= 0.6 is 0 Å². The van der Waals surface area contributed by atoms with E-state index in [4.69, 9.17) is 5.73 Å². The van der Waals surface area contributed by atoms with Crippen LogP contribution in [0.15, 0.2) is 18.2 Å². The van der Waals surface area contributed by atoms with E-state index in [9.17, 15) is 17.6 Å². The molecule has 0 saturated carbocycles. The van der Waals surface area contributed by atoms with Crippen molar-refractivity contribution in [1.29, 1.82) is 0 Å². The fourth-order valence-corrected chi connectivity index (χ4v) is 2.04. The predicted molar refractivity (Wildman–Crippen MR) is 77.5 cm³/mol. The molecule has 0 fully saturated rings. The molecule has 0 aromatic heterocycles. The van der Waals surface area contributed by atoms with E-state index in [2.05, 4.69) is 21.9 Å². The predicted octanol–water partition coefficient (Wildman–Crippen LogP) is -0.585. The minimum atomic E-state index is -3.40. The van der Waals surface area contributed by atoms with Gasteiger partial charge in [0, 0.05) is 12.1 Å². The highest BCUT2D eigenvalue weighted by Gasteiger charge is 2.12. The highest BCUT2D eigenvalue weighted by atomic mass is 32.2. The third-order valence-electron chi connectivity index (χ3n) is 2.52. The molecule has 4 N–H and O–H groups in total. The van der Waals surface area contributed by atoms with Gasteiger partial charge < -0.3 is 11.1 Å². The molecule has 1 rings (SSSR count). The molecule has 0 spiro atoms. The van der Waals surface area contributed by atoms with Crippen LogP contribution in [-0.4, -0.2) is 40.2 Å². The lowest BCUT2D eigenvalue weighted by Crippen LogP contribution is -2.33. The highest BCUT2D eigenvalue weighted by Crippen LogP contribution is 2.10. The number of nitrogens with one attached hydrogen (secondary N) is 2. The van der Waals surface area contributed by atoms with E-state index < -0.39 is 21.7 Å². The summed E-state index contributed by atoms with van der Waals surface area (Å²) in [5.41, 5.74) is 5.61. The van der Waals surface area contributed by atoms with Crippen molar-refractivity contribution in [2.24, 2.45) is 5.73 Å². The molecular formula is C13H16FN3O3S. The van der Waals surface area contributed by atoms with Crippen LogP contribution in [0.3, 0.4) is 0 Å². The first-order valence-electron chi connectivity index (χ1n) is 6.07. The van der Waals surface area contributed by atoms with Crippen molar-refractivity contribution in [3.8, 4) is 11.8 Å². The number of amides is 1. The number of nitrogens with two attached hydrogens (primary N) is 1. The normalized spacial score (nSPS) is 10.6. The number of hydrogen-bond acceptors (Lipinski definition) is 4. The summed E-state index contributed by atoms with van der Waals surface area (Å²) in [4.78, 5) is 12.0. The Bertz CT molecular complexity index is 678. The lowest BCUT2D eigenvalue weighted by molar-refractivity contribution is 0.0956. The summed E-state index contributed by atoms with van der Waals surface area (Å²) in [7, 11) is -2.11. The van der Waals surface area contributed by atoms with E-state index in [1.807, 2.05) is 0 Å². The fourth-order valence-electron chi connectivity index (χ4n) is 1.46. The van der Waals surface area contributed by atoms with Crippen LogP contribution in [0.5, 0.6) is 0 Å². The minimum Gasteiger partial charge on any atom is -0.351 e. The Morgan fingerprint density at radius 3 is 2.76 bits per heavy atom. The van der Waals surface area contributed by atoms with Crippen LogP contribution in [0.2, 0.25) is 0 Å². The summed E-state index contributed by atoms with van der Waals surface area (Å²) >= 11 is 0. The zero-order valence-electron chi connectivity index (χ0n) is 11.4. The van der Waals surface area contributed by atoms with Crippen LogP contribution in [0.4, 0.5) is 4.39 Å². The molecule has 0 aliphatic heterocycles. The molecule has 8 heteroatoms. The maximum Gasteiger partial charge on any atom is 0.252 e. The van der Waals surface area contributed by atoms with Crippen molar-refractivity contribution in [2.45, 2.75) is 0 Å². The minimum absolute atomic E-state index is 0.0663. The third-order valence-corrected chi connectivity index (χ3v) is 3.88. The average Bonchev–Trinajstić information content (AvgIpc) is 2.44. The first-order chi connectivity index (χ1) is 9.89. The monoisotopic (exact) mass is 313 g/mol. The summed E-state index contributed by atoms with van der Waals surface area (Å²) < 4.78 is 37.8. The Hall–Kier alpha value is -1.95. The van der Waals surface area contributed by atoms with Gasteiger partial charge in [-0.25, -0.2) is 17.5 Å². The van der Waals surface area contributed by atoms with E-state index in [1.165, 1.54) is 13.1 Å². The number of rotatable bonds is 5. The highest BCUT2D eigenvalue weighted by molar-refractivity contribution is 7.89. The Kier molecular flexibility index (Phi) is 6.30. The van der Waals surface area contributed by atoms with E-state index >= 15 is 0 Å². The van der Waals surface area contributed by atoms with Gasteiger partial charge in [0.25, 0.3) is 5.91 Å². The number of benzene rings is 1. The standard InChI is InChI=1S/C13H16FN3O3S/c1-16-21(19,20)8-7-17-13(18)12-5-4-11(14)9-10(12)3-2-6-15/h4-5,9,16H,6-8,15H2,1H3,(H,17,18). The van der Waals surface area contributed by atoms with Crippen molar-refractivity contribution in [1.82, 2.24) is 10.0 Å². The van der Waals surface area contributed by atoms with E-state index in [-0.39, 0.29) is 30.0 Å². The van der Waals surface area contributed by atoms with Gasteiger partial charge in [0.15, 0.2) is 0 Å². The third kappa shape index (κ3) is 5.51.